The third-order valence-electron chi connectivity index (χ3n) is 5.52. The van der Waals surface area contributed by atoms with Crippen LogP contribution in [0.3, 0.4) is 0 Å². The predicted molar refractivity (Wildman–Crippen MR) is 99.5 cm³/mol. The van der Waals surface area contributed by atoms with Gasteiger partial charge in [-0.2, -0.15) is 0 Å². The number of hydrogen-bond donors (Lipinski definition) is 0. The van der Waals surface area contributed by atoms with Crippen molar-refractivity contribution in [1.29, 1.82) is 0 Å². The first kappa shape index (κ1) is 17.0. The van der Waals surface area contributed by atoms with Gasteiger partial charge in [0.2, 0.25) is 0 Å². The maximum absolute atomic E-state index is 12.5. The molecule has 0 aliphatic carbocycles. The summed E-state index contributed by atoms with van der Waals surface area (Å²) in [6.07, 6.45) is 5.37. The van der Waals surface area contributed by atoms with E-state index >= 15 is 0 Å². The summed E-state index contributed by atoms with van der Waals surface area (Å²) in [5, 5.41) is 0. The molecule has 0 unspecified atom stereocenters. The molecule has 0 spiro atoms. The van der Waals surface area contributed by atoms with Gasteiger partial charge in [-0.1, -0.05) is 36.4 Å². The van der Waals surface area contributed by atoms with Crippen LogP contribution in [0.4, 0.5) is 4.79 Å². The molecule has 3 heterocycles. The number of pyridine rings is 1. The molecule has 1 aromatic carbocycles. The van der Waals surface area contributed by atoms with E-state index in [1.807, 2.05) is 47.5 Å². The summed E-state index contributed by atoms with van der Waals surface area (Å²) in [5.74, 6) is 0. The molecule has 5 nitrogen and oxygen atoms in total. The fraction of sp³-hybridized carbons (Fsp3) is 0.429. The lowest BCUT2D eigenvalue weighted by Gasteiger charge is -2.37. The molecule has 2 aliphatic rings. The van der Waals surface area contributed by atoms with Crippen molar-refractivity contribution in [3.63, 3.8) is 0 Å². The van der Waals surface area contributed by atoms with Crippen LogP contribution in [0.15, 0.2) is 54.9 Å². The van der Waals surface area contributed by atoms with Crippen molar-refractivity contribution in [1.82, 2.24) is 14.8 Å². The van der Waals surface area contributed by atoms with Crippen LogP contribution in [0.1, 0.15) is 37.0 Å². The minimum Gasteiger partial charge on any atom is -0.439 e. The van der Waals surface area contributed by atoms with Gasteiger partial charge in [-0.3, -0.25) is 14.8 Å². The lowest BCUT2D eigenvalue weighted by atomic mass is 9.98. The van der Waals surface area contributed by atoms with Crippen molar-refractivity contribution in [2.24, 2.45) is 0 Å². The first-order valence-electron chi connectivity index (χ1n) is 9.37. The summed E-state index contributed by atoms with van der Waals surface area (Å²) in [5.41, 5.74) is 2.31. The molecular weight excluding hydrogens is 326 g/mol. The Labute approximate surface area is 154 Å². The van der Waals surface area contributed by atoms with Gasteiger partial charge in [0, 0.05) is 38.1 Å². The highest BCUT2D eigenvalue weighted by atomic mass is 16.6. The number of cyclic esters (lactones) is 1. The second-order valence-electron chi connectivity index (χ2n) is 7.23. The van der Waals surface area contributed by atoms with Crippen molar-refractivity contribution in [2.75, 3.05) is 13.1 Å². The summed E-state index contributed by atoms with van der Waals surface area (Å²) in [7, 11) is 0. The summed E-state index contributed by atoms with van der Waals surface area (Å²) in [4.78, 5) is 21.1. The Morgan fingerprint density at radius 3 is 2.58 bits per heavy atom. The largest absolute Gasteiger partial charge is 0.439 e. The van der Waals surface area contributed by atoms with Crippen molar-refractivity contribution in [3.05, 3.63) is 66.0 Å². The molecule has 2 aliphatic heterocycles. The Morgan fingerprint density at radius 1 is 1.12 bits per heavy atom. The van der Waals surface area contributed by atoms with E-state index in [2.05, 4.69) is 22.9 Å². The highest BCUT2D eigenvalue weighted by Crippen LogP contribution is 2.35. The number of rotatable bonds is 4. The Hall–Kier alpha value is -2.40. The Morgan fingerprint density at radius 2 is 1.88 bits per heavy atom. The molecule has 0 bridgehead atoms. The van der Waals surface area contributed by atoms with Gasteiger partial charge in [-0.25, -0.2) is 4.79 Å². The predicted octanol–water partition coefficient (Wildman–Crippen LogP) is 3.63. The van der Waals surface area contributed by atoms with Crippen LogP contribution in [0.25, 0.3) is 0 Å². The van der Waals surface area contributed by atoms with Crippen molar-refractivity contribution in [3.8, 4) is 0 Å². The van der Waals surface area contributed by atoms with Gasteiger partial charge < -0.3 is 4.74 Å². The van der Waals surface area contributed by atoms with Crippen LogP contribution >= 0.6 is 0 Å². The molecule has 2 atom stereocenters. The van der Waals surface area contributed by atoms with Gasteiger partial charge in [-0.05, 0) is 37.0 Å². The van der Waals surface area contributed by atoms with Crippen LogP contribution in [-0.2, 0) is 11.3 Å². The SMILES string of the molecule is C[C@H]1[C@@H](c2ccccc2)OC(=O)N1C1CCN(Cc2cccnc2)CC1. The number of ether oxygens (including phenoxy) is 1. The van der Waals surface area contributed by atoms with Crippen molar-refractivity contribution in [2.45, 2.75) is 44.5 Å². The van der Waals surface area contributed by atoms with Crippen molar-refractivity contribution < 1.29 is 9.53 Å². The van der Waals surface area contributed by atoms with E-state index in [0.29, 0.717) is 0 Å². The summed E-state index contributed by atoms with van der Waals surface area (Å²) in [6.45, 7) is 5.01. The first-order valence-corrected chi connectivity index (χ1v) is 9.37. The fourth-order valence-electron chi connectivity index (χ4n) is 4.16. The molecule has 0 radical (unpaired) electrons. The first-order chi connectivity index (χ1) is 12.7. The number of carbonyl (C=O) groups is 1. The maximum atomic E-state index is 12.5. The van der Waals surface area contributed by atoms with E-state index in [9.17, 15) is 4.79 Å². The maximum Gasteiger partial charge on any atom is 0.411 e. The number of hydrogen-bond acceptors (Lipinski definition) is 4. The fourth-order valence-corrected chi connectivity index (χ4v) is 4.16. The number of likely N-dealkylation sites (tertiary alicyclic amines) is 1. The monoisotopic (exact) mass is 351 g/mol. The molecule has 5 heteroatoms. The Bertz CT molecular complexity index is 729. The standard InChI is InChI=1S/C21H25N3O2/c1-16-20(18-7-3-2-4-8-18)26-21(25)24(16)19-9-12-23(13-10-19)15-17-6-5-11-22-14-17/h2-8,11,14,16,19-20H,9-10,12-13,15H2,1H3/t16-,20-/m0/s1. The van der Waals surface area contributed by atoms with Crippen molar-refractivity contribution >= 4 is 6.09 Å². The van der Waals surface area contributed by atoms with Gasteiger partial charge >= 0.3 is 6.09 Å². The zero-order valence-electron chi connectivity index (χ0n) is 15.1. The molecule has 2 aromatic rings. The molecule has 2 saturated heterocycles. The lowest BCUT2D eigenvalue weighted by Crippen LogP contribution is -2.47. The molecule has 0 N–H and O–H groups in total. The van der Waals surface area contributed by atoms with Crippen LogP contribution < -0.4 is 0 Å². The highest BCUT2D eigenvalue weighted by Gasteiger charge is 2.43. The molecule has 136 valence electrons. The van der Waals surface area contributed by atoms with Gasteiger partial charge in [0.25, 0.3) is 0 Å². The Balaban J connectivity index is 1.37. The average Bonchev–Trinajstić information content (AvgIpc) is 2.98. The van der Waals surface area contributed by atoms with E-state index in [-0.39, 0.29) is 24.3 Å². The normalized spacial score (nSPS) is 24.7. The minimum absolute atomic E-state index is 0.0692. The van der Waals surface area contributed by atoms with Crippen LogP contribution in [0.2, 0.25) is 0 Å². The number of aromatic nitrogens is 1. The molecular formula is C21H25N3O2. The highest BCUT2D eigenvalue weighted by molar-refractivity contribution is 5.71. The van der Waals surface area contributed by atoms with Crippen LogP contribution in [0, 0.1) is 0 Å². The number of benzene rings is 1. The molecule has 4 rings (SSSR count). The second kappa shape index (κ2) is 7.46. The number of amides is 1. The second-order valence-corrected chi connectivity index (χ2v) is 7.23. The minimum atomic E-state index is -0.169. The summed E-state index contributed by atoms with van der Waals surface area (Å²) in [6, 6.07) is 14.5. The van der Waals surface area contributed by atoms with Gasteiger partial charge in [0.1, 0.15) is 6.10 Å². The average molecular weight is 351 g/mol. The smallest absolute Gasteiger partial charge is 0.411 e. The van der Waals surface area contributed by atoms with E-state index < -0.39 is 0 Å². The van der Waals surface area contributed by atoms with Crippen LogP contribution in [0.5, 0.6) is 0 Å². The van der Waals surface area contributed by atoms with E-state index in [4.69, 9.17) is 4.74 Å². The molecule has 2 fully saturated rings. The number of carbonyl (C=O) groups excluding carboxylic acids is 1. The van der Waals surface area contributed by atoms with Crippen LogP contribution in [-0.4, -0.2) is 46.1 Å². The quantitative estimate of drug-likeness (QED) is 0.844. The Kier molecular flexibility index (Phi) is 4.89. The molecule has 1 amide bonds. The zero-order valence-corrected chi connectivity index (χ0v) is 15.1. The summed E-state index contributed by atoms with van der Waals surface area (Å²) >= 11 is 0. The van der Waals surface area contributed by atoms with E-state index in [1.165, 1.54) is 5.56 Å². The van der Waals surface area contributed by atoms with Gasteiger partial charge in [0.15, 0.2) is 0 Å². The van der Waals surface area contributed by atoms with E-state index in [1.54, 1.807) is 6.20 Å². The lowest BCUT2D eigenvalue weighted by molar-refractivity contribution is 0.106. The third-order valence-corrected chi connectivity index (χ3v) is 5.52. The molecule has 1 aromatic heterocycles. The number of nitrogens with zero attached hydrogens (tertiary/aromatic N) is 3. The zero-order chi connectivity index (χ0) is 17.9. The van der Waals surface area contributed by atoms with E-state index in [0.717, 1.165) is 38.0 Å². The summed E-state index contributed by atoms with van der Waals surface area (Å²) < 4.78 is 5.71. The van der Waals surface area contributed by atoms with Gasteiger partial charge in [-0.15, -0.1) is 0 Å². The topological polar surface area (TPSA) is 45.7 Å². The molecule has 0 saturated carbocycles. The number of piperidine rings is 1. The third kappa shape index (κ3) is 3.44. The van der Waals surface area contributed by atoms with Gasteiger partial charge in [0.05, 0.1) is 6.04 Å². The molecule has 26 heavy (non-hydrogen) atoms.